The van der Waals surface area contributed by atoms with Gasteiger partial charge < -0.3 is 4.42 Å². The minimum atomic E-state index is 0.568. The van der Waals surface area contributed by atoms with Crippen LogP contribution in [-0.4, -0.2) is 11.3 Å². The van der Waals surface area contributed by atoms with E-state index in [0.717, 1.165) is 6.29 Å². The maximum Gasteiger partial charge on any atom is 0.150 e. The second-order valence-electron chi connectivity index (χ2n) is 2.58. The Morgan fingerprint density at radius 3 is 2.60 bits per heavy atom. The van der Waals surface area contributed by atoms with Crippen LogP contribution in [0.4, 0.5) is 0 Å². The topological polar surface area (TPSA) is 43.1 Å². The van der Waals surface area contributed by atoms with Gasteiger partial charge in [-0.1, -0.05) is 18.2 Å². The lowest BCUT2D eigenvalue weighted by molar-refractivity contribution is 0.112. The fourth-order valence-corrected chi connectivity index (χ4v) is 0.821. The van der Waals surface area contributed by atoms with Gasteiger partial charge in [0.15, 0.2) is 0 Å². The summed E-state index contributed by atoms with van der Waals surface area (Å²) in [6, 6.07) is 10.1. The summed E-state index contributed by atoms with van der Waals surface area (Å²) in [6.07, 6.45) is 6.97. The van der Waals surface area contributed by atoms with Crippen molar-refractivity contribution in [3.63, 3.8) is 0 Å². The third-order valence-corrected chi connectivity index (χ3v) is 1.48. The zero-order valence-corrected chi connectivity index (χ0v) is 8.11. The van der Waals surface area contributed by atoms with E-state index in [1.54, 1.807) is 48.8 Å². The number of carbonyl (C=O) groups is 1. The van der Waals surface area contributed by atoms with E-state index in [9.17, 15) is 4.79 Å². The Kier molecular flexibility index (Phi) is 5.29. The van der Waals surface area contributed by atoms with E-state index in [1.165, 1.54) is 12.5 Å². The summed E-state index contributed by atoms with van der Waals surface area (Å²) >= 11 is 0. The van der Waals surface area contributed by atoms with E-state index in [2.05, 4.69) is 4.98 Å². The molecule has 1 aromatic heterocycles. The van der Waals surface area contributed by atoms with Crippen molar-refractivity contribution in [2.75, 3.05) is 0 Å². The molecule has 0 radical (unpaired) electrons. The molecule has 3 nitrogen and oxygen atoms in total. The number of aromatic nitrogens is 1. The highest BCUT2D eigenvalue weighted by molar-refractivity contribution is 5.73. The van der Waals surface area contributed by atoms with Gasteiger partial charge in [-0.25, -0.2) is 0 Å². The number of hydrogen-bond donors (Lipinski definition) is 0. The van der Waals surface area contributed by atoms with Crippen molar-refractivity contribution >= 4 is 6.29 Å². The molecule has 0 unspecified atom stereocenters. The number of rotatable bonds is 1. The molecule has 0 saturated carbocycles. The first-order valence-corrected chi connectivity index (χ1v) is 4.42. The van der Waals surface area contributed by atoms with Gasteiger partial charge in [0.1, 0.15) is 6.29 Å². The first-order valence-electron chi connectivity index (χ1n) is 4.42. The average Bonchev–Trinajstić information content (AvgIpc) is 2.29. The molecule has 1 heterocycles. The summed E-state index contributed by atoms with van der Waals surface area (Å²) < 4.78 is 4.98. The SMILES string of the molecule is O=Cc1ccccocccnccc1. The Morgan fingerprint density at radius 1 is 1.00 bits per heavy atom. The van der Waals surface area contributed by atoms with Crippen LogP contribution in [-0.2, 0) is 0 Å². The standard InChI is InChI=1S/C12H11NO2/c14-11-12-5-1-2-9-15-10-4-8-13-7-3-6-12/h1-11H. The van der Waals surface area contributed by atoms with E-state index < -0.39 is 0 Å². The molecule has 0 aliphatic carbocycles. The smallest absolute Gasteiger partial charge is 0.150 e. The van der Waals surface area contributed by atoms with Gasteiger partial charge in [0.2, 0.25) is 0 Å². The minimum absolute atomic E-state index is 0.568. The van der Waals surface area contributed by atoms with Crippen LogP contribution in [0, 0.1) is 0 Å². The van der Waals surface area contributed by atoms with Crippen LogP contribution in [0.15, 0.2) is 65.7 Å². The minimum Gasteiger partial charge on any atom is -0.473 e. The van der Waals surface area contributed by atoms with Gasteiger partial charge in [0.25, 0.3) is 0 Å². The number of carbonyl (C=O) groups excluding carboxylic acids is 1. The third kappa shape index (κ3) is 5.21. The molecule has 0 N–H and O–H groups in total. The molecule has 0 aliphatic rings. The van der Waals surface area contributed by atoms with Gasteiger partial charge in [-0.3, -0.25) is 9.78 Å². The summed E-state index contributed by atoms with van der Waals surface area (Å²) in [6.45, 7) is 0. The molecule has 0 atom stereocenters. The van der Waals surface area contributed by atoms with E-state index in [-0.39, 0.29) is 0 Å². The summed E-state index contributed by atoms with van der Waals surface area (Å²) in [5.41, 5.74) is 0.568. The summed E-state index contributed by atoms with van der Waals surface area (Å²) in [7, 11) is 0. The fraction of sp³-hybridized carbons (Fsp3) is 0. The fourth-order valence-electron chi connectivity index (χ4n) is 0.821. The van der Waals surface area contributed by atoms with Crippen molar-refractivity contribution in [1.82, 2.24) is 4.98 Å². The van der Waals surface area contributed by atoms with Crippen molar-refractivity contribution in [2.45, 2.75) is 0 Å². The molecule has 1 rings (SSSR count). The van der Waals surface area contributed by atoms with Gasteiger partial charge in [0.05, 0.1) is 12.5 Å². The molecule has 0 amide bonds. The van der Waals surface area contributed by atoms with Crippen molar-refractivity contribution in [3.05, 3.63) is 66.9 Å². The highest BCUT2D eigenvalue weighted by atomic mass is 16.3. The first-order chi connectivity index (χ1) is 7.43. The summed E-state index contributed by atoms with van der Waals surface area (Å²) in [5.74, 6) is 0. The van der Waals surface area contributed by atoms with Crippen LogP contribution in [0.5, 0.6) is 0 Å². The lowest BCUT2D eigenvalue weighted by Crippen LogP contribution is -1.71. The van der Waals surface area contributed by atoms with Crippen LogP contribution in [0.2, 0.25) is 0 Å². The molecule has 15 heavy (non-hydrogen) atoms. The Morgan fingerprint density at radius 2 is 1.73 bits per heavy atom. The maximum atomic E-state index is 10.6. The molecular weight excluding hydrogens is 190 g/mol. The number of nitrogens with zero attached hydrogens (tertiary/aromatic N) is 1. The molecule has 0 saturated heterocycles. The van der Waals surface area contributed by atoms with E-state index in [4.69, 9.17) is 4.42 Å². The van der Waals surface area contributed by atoms with Crippen molar-refractivity contribution in [3.8, 4) is 0 Å². The normalized spacial score (nSPS) is 8.27. The molecule has 0 aliphatic heterocycles. The van der Waals surface area contributed by atoms with Crippen molar-refractivity contribution < 1.29 is 9.21 Å². The molecule has 0 bridgehead atoms. The summed E-state index contributed by atoms with van der Waals surface area (Å²) in [5, 5.41) is 0. The molecule has 1 aromatic rings. The molecule has 0 fully saturated rings. The molecule has 0 spiro atoms. The predicted octanol–water partition coefficient (Wildman–Crippen LogP) is 2.74. The Hall–Kier alpha value is -2.16. The second-order valence-corrected chi connectivity index (χ2v) is 2.58. The lowest BCUT2D eigenvalue weighted by Gasteiger charge is -1.77. The van der Waals surface area contributed by atoms with Gasteiger partial charge in [-0.05, 0) is 18.2 Å². The zero-order chi connectivity index (χ0) is 10.8. The average molecular weight is 201 g/mol. The Labute approximate surface area is 88.1 Å². The van der Waals surface area contributed by atoms with Crippen LogP contribution < -0.4 is 0 Å². The highest BCUT2D eigenvalue weighted by Gasteiger charge is 1.77. The van der Waals surface area contributed by atoms with Crippen molar-refractivity contribution in [2.24, 2.45) is 0 Å². The van der Waals surface area contributed by atoms with Gasteiger partial charge >= 0.3 is 0 Å². The molecule has 3 heteroatoms. The first kappa shape index (κ1) is 10.9. The number of aldehydes is 1. The zero-order valence-electron chi connectivity index (χ0n) is 8.11. The third-order valence-electron chi connectivity index (χ3n) is 1.48. The largest absolute Gasteiger partial charge is 0.473 e. The van der Waals surface area contributed by atoms with Crippen LogP contribution >= 0.6 is 0 Å². The van der Waals surface area contributed by atoms with Crippen LogP contribution in [0.25, 0.3) is 0 Å². The lowest BCUT2D eigenvalue weighted by atomic mass is 10.3. The Bertz CT molecular complexity index is 375. The maximum absolute atomic E-state index is 10.6. The quantitative estimate of drug-likeness (QED) is 0.656. The van der Waals surface area contributed by atoms with Crippen molar-refractivity contribution in [1.29, 1.82) is 0 Å². The molecule has 76 valence electrons. The van der Waals surface area contributed by atoms with Crippen LogP contribution in [0.3, 0.4) is 0 Å². The predicted molar refractivity (Wildman–Crippen MR) is 57.1 cm³/mol. The monoisotopic (exact) mass is 201 g/mol. The van der Waals surface area contributed by atoms with Gasteiger partial charge in [-0.15, -0.1) is 0 Å². The van der Waals surface area contributed by atoms with Gasteiger partial charge in [-0.2, -0.15) is 0 Å². The van der Waals surface area contributed by atoms with E-state index in [1.807, 2.05) is 0 Å². The van der Waals surface area contributed by atoms with Gasteiger partial charge in [0, 0.05) is 18.0 Å². The Balaban J connectivity index is 3.19. The molecule has 0 aromatic carbocycles. The molecular formula is C12H11NO2. The van der Waals surface area contributed by atoms with E-state index >= 15 is 0 Å². The summed E-state index contributed by atoms with van der Waals surface area (Å²) in [4.78, 5) is 14.5. The second kappa shape index (κ2) is 7.26. The van der Waals surface area contributed by atoms with Crippen LogP contribution in [0.1, 0.15) is 10.4 Å². The number of hydrogen-bond acceptors (Lipinski definition) is 3. The van der Waals surface area contributed by atoms with E-state index in [0.29, 0.717) is 5.56 Å². The highest BCUT2D eigenvalue weighted by Crippen LogP contribution is 1.87.